The molecule has 0 aliphatic rings. The number of hydrogen-bond acceptors (Lipinski definition) is 1. The van der Waals surface area contributed by atoms with E-state index in [1.165, 1.54) is 11.1 Å². The van der Waals surface area contributed by atoms with Gasteiger partial charge >= 0.3 is 0 Å². The third kappa shape index (κ3) is 3.44. The molecular weight excluding hydrogens is 220 g/mol. The molecule has 0 heterocycles. The first-order chi connectivity index (χ1) is 8.90. The molecule has 0 saturated carbocycles. The Morgan fingerprint density at radius 2 is 1.44 bits per heavy atom. The van der Waals surface area contributed by atoms with E-state index in [4.69, 9.17) is 5.11 Å². The van der Waals surface area contributed by atoms with E-state index < -0.39 is 0 Å². The monoisotopic (exact) mass is 236 g/mol. The number of aliphatic hydroxyl groups excluding tert-OH is 1. The van der Waals surface area contributed by atoms with Gasteiger partial charge in [-0.2, -0.15) is 0 Å². The molecule has 0 aliphatic heterocycles. The molecule has 1 N–H and O–H groups in total. The van der Waals surface area contributed by atoms with Gasteiger partial charge < -0.3 is 5.11 Å². The van der Waals surface area contributed by atoms with Crippen LogP contribution in [0, 0.1) is 0 Å². The van der Waals surface area contributed by atoms with Crippen molar-refractivity contribution in [3.8, 4) is 11.1 Å². The largest absolute Gasteiger partial charge is 0.392 e. The zero-order valence-corrected chi connectivity index (χ0v) is 10.2. The first kappa shape index (κ1) is 12.3. The molecule has 0 aliphatic carbocycles. The maximum atomic E-state index is 8.61. The molecule has 18 heavy (non-hydrogen) atoms. The highest BCUT2D eigenvalue weighted by Crippen LogP contribution is 2.19. The van der Waals surface area contributed by atoms with E-state index in [0.717, 1.165) is 5.56 Å². The van der Waals surface area contributed by atoms with Crippen molar-refractivity contribution >= 4 is 6.08 Å². The first-order valence-corrected chi connectivity index (χ1v) is 6.00. The molecule has 0 amide bonds. The molecule has 90 valence electrons. The van der Waals surface area contributed by atoms with Crippen molar-refractivity contribution < 1.29 is 5.11 Å². The number of benzene rings is 2. The zero-order valence-electron chi connectivity index (χ0n) is 10.2. The lowest BCUT2D eigenvalue weighted by atomic mass is 10.0. The normalized spacial score (nSPS) is 11.4. The second kappa shape index (κ2) is 6.58. The summed E-state index contributed by atoms with van der Waals surface area (Å²) in [6.07, 6.45) is 7.48. The summed E-state index contributed by atoms with van der Waals surface area (Å²) < 4.78 is 0. The predicted octanol–water partition coefficient (Wildman–Crippen LogP) is 3.92. The minimum atomic E-state index is 0.0806. The van der Waals surface area contributed by atoms with E-state index in [-0.39, 0.29) is 6.61 Å². The Kier molecular flexibility index (Phi) is 4.51. The smallest absolute Gasteiger partial charge is 0.0615 e. The van der Waals surface area contributed by atoms with Gasteiger partial charge in [0.25, 0.3) is 0 Å². The van der Waals surface area contributed by atoms with Crippen molar-refractivity contribution in [2.75, 3.05) is 6.61 Å². The SMILES string of the molecule is OC/C=C/C=C/c1ccc(-c2ccccc2)cc1. The van der Waals surface area contributed by atoms with Crippen molar-refractivity contribution in [2.45, 2.75) is 0 Å². The van der Waals surface area contributed by atoms with Gasteiger partial charge in [-0.15, -0.1) is 0 Å². The Balaban J connectivity index is 2.11. The molecule has 1 heteroatoms. The molecule has 1 nitrogen and oxygen atoms in total. The maximum Gasteiger partial charge on any atom is 0.0615 e. The summed E-state index contributed by atoms with van der Waals surface area (Å²) in [7, 11) is 0. The fraction of sp³-hybridized carbons (Fsp3) is 0.0588. The molecule has 0 atom stereocenters. The van der Waals surface area contributed by atoms with Gasteiger partial charge in [0.1, 0.15) is 0 Å². The summed E-state index contributed by atoms with van der Waals surface area (Å²) in [5.74, 6) is 0. The lowest BCUT2D eigenvalue weighted by Crippen LogP contribution is -1.77. The number of rotatable bonds is 4. The van der Waals surface area contributed by atoms with Gasteiger partial charge in [0.15, 0.2) is 0 Å². The minimum Gasteiger partial charge on any atom is -0.392 e. The van der Waals surface area contributed by atoms with Crippen LogP contribution in [0.15, 0.2) is 72.8 Å². The number of hydrogen-bond donors (Lipinski definition) is 1. The fourth-order valence-electron chi connectivity index (χ4n) is 1.72. The second-order valence-corrected chi connectivity index (χ2v) is 3.96. The van der Waals surface area contributed by atoms with E-state index in [9.17, 15) is 0 Å². The highest BCUT2D eigenvalue weighted by atomic mass is 16.2. The maximum absolute atomic E-state index is 8.61. The lowest BCUT2D eigenvalue weighted by molar-refractivity contribution is 0.343. The summed E-state index contributed by atoms with van der Waals surface area (Å²) in [6, 6.07) is 18.7. The van der Waals surface area contributed by atoms with Gasteiger partial charge in [-0.05, 0) is 16.7 Å². The van der Waals surface area contributed by atoms with Crippen LogP contribution in [-0.2, 0) is 0 Å². The summed E-state index contributed by atoms with van der Waals surface area (Å²) in [4.78, 5) is 0. The first-order valence-electron chi connectivity index (χ1n) is 6.00. The average Bonchev–Trinajstić information content (AvgIpc) is 2.45. The molecule has 0 fully saturated rings. The Hall–Kier alpha value is -2.12. The molecular formula is C17H16O. The third-order valence-electron chi connectivity index (χ3n) is 2.66. The molecule has 0 unspecified atom stereocenters. The molecule has 2 rings (SSSR count). The van der Waals surface area contributed by atoms with Gasteiger partial charge in [-0.1, -0.05) is 78.9 Å². The minimum absolute atomic E-state index is 0.0806. The quantitative estimate of drug-likeness (QED) is 0.798. The molecule has 2 aromatic carbocycles. The summed E-state index contributed by atoms with van der Waals surface area (Å²) in [5, 5.41) is 8.61. The third-order valence-corrected chi connectivity index (χ3v) is 2.66. The van der Waals surface area contributed by atoms with Crippen molar-refractivity contribution in [3.63, 3.8) is 0 Å². The highest BCUT2D eigenvalue weighted by molar-refractivity contribution is 5.65. The summed E-state index contributed by atoms with van der Waals surface area (Å²) >= 11 is 0. The molecule has 0 saturated heterocycles. The van der Waals surface area contributed by atoms with Crippen molar-refractivity contribution in [3.05, 3.63) is 78.4 Å². The number of allylic oxidation sites excluding steroid dienone is 2. The fourth-order valence-corrected chi connectivity index (χ4v) is 1.72. The highest BCUT2D eigenvalue weighted by Gasteiger charge is 1.94. The summed E-state index contributed by atoms with van der Waals surface area (Å²) in [6.45, 7) is 0.0806. The predicted molar refractivity (Wildman–Crippen MR) is 77.1 cm³/mol. The topological polar surface area (TPSA) is 20.2 Å². The second-order valence-electron chi connectivity index (χ2n) is 3.96. The lowest BCUT2D eigenvalue weighted by Gasteiger charge is -2.01. The van der Waals surface area contributed by atoms with E-state index in [0.29, 0.717) is 0 Å². The molecule has 2 aromatic rings. The van der Waals surface area contributed by atoms with Gasteiger partial charge in [-0.3, -0.25) is 0 Å². The van der Waals surface area contributed by atoms with Crippen molar-refractivity contribution in [1.82, 2.24) is 0 Å². The van der Waals surface area contributed by atoms with Crippen LogP contribution in [0.2, 0.25) is 0 Å². The van der Waals surface area contributed by atoms with Crippen molar-refractivity contribution in [2.24, 2.45) is 0 Å². The van der Waals surface area contributed by atoms with Crippen LogP contribution < -0.4 is 0 Å². The Labute approximate surface area is 108 Å². The zero-order chi connectivity index (χ0) is 12.6. The van der Waals surface area contributed by atoms with Gasteiger partial charge in [0.2, 0.25) is 0 Å². The van der Waals surface area contributed by atoms with Crippen LogP contribution in [0.4, 0.5) is 0 Å². The Morgan fingerprint density at radius 1 is 0.778 bits per heavy atom. The standard InChI is InChI=1S/C17H16O/c18-14-6-2-3-7-15-10-12-17(13-11-15)16-8-4-1-5-9-16/h1-13,18H,14H2/b6-2+,7-3+. The van der Waals surface area contributed by atoms with E-state index >= 15 is 0 Å². The molecule has 0 radical (unpaired) electrons. The Bertz CT molecular complexity index is 521. The van der Waals surface area contributed by atoms with Gasteiger partial charge in [0.05, 0.1) is 6.61 Å². The Morgan fingerprint density at radius 3 is 2.11 bits per heavy atom. The molecule has 0 bridgehead atoms. The van der Waals surface area contributed by atoms with Crippen molar-refractivity contribution in [1.29, 1.82) is 0 Å². The van der Waals surface area contributed by atoms with E-state index in [2.05, 4.69) is 36.4 Å². The van der Waals surface area contributed by atoms with Gasteiger partial charge in [-0.25, -0.2) is 0 Å². The van der Waals surface area contributed by atoms with Crippen LogP contribution in [0.1, 0.15) is 5.56 Å². The van der Waals surface area contributed by atoms with Crippen LogP contribution in [-0.4, -0.2) is 11.7 Å². The average molecular weight is 236 g/mol. The summed E-state index contributed by atoms with van der Waals surface area (Å²) in [5.41, 5.74) is 3.60. The van der Waals surface area contributed by atoms with E-state index in [1.54, 1.807) is 6.08 Å². The van der Waals surface area contributed by atoms with Crippen LogP contribution >= 0.6 is 0 Å². The van der Waals surface area contributed by atoms with E-state index in [1.807, 2.05) is 36.4 Å². The van der Waals surface area contributed by atoms with Crippen LogP contribution in [0.5, 0.6) is 0 Å². The number of aliphatic hydroxyl groups is 1. The van der Waals surface area contributed by atoms with Gasteiger partial charge in [0, 0.05) is 0 Å². The van der Waals surface area contributed by atoms with Crippen LogP contribution in [0.3, 0.4) is 0 Å². The van der Waals surface area contributed by atoms with Crippen LogP contribution in [0.25, 0.3) is 17.2 Å². The molecule has 0 spiro atoms. The molecule has 0 aromatic heterocycles.